The molecule has 17 atom stereocenters. The van der Waals surface area contributed by atoms with E-state index in [4.69, 9.17) is 23.7 Å². The van der Waals surface area contributed by atoms with Gasteiger partial charge in [0.15, 0.2) is 5.78 Å². The van der Waals surface area contributed by atoms with Gasteiger partial charge in [0.05, 0.1) is 43.7 Å². The SMILES string of the molecule is CO[C@@H]1C[C@H](C[C@@H](C)[C@@H]2CC(=O)[C@H](C)/C=C(\C)[C@@H](O)[C@@H](OC)C(=O)[C@H](C)C[C@H](C)/C=C/C=CC=C(C)[C@@H](O[C@@H]3C[C@H]4C(=O)N(CCO)C(=O)N4C3)C[C@@H]3CC[C@@H](C)[C@@](O)(O3)C(=O)C(=O)N3CCCC[C@H]3C(=O)O2)CC[C@H]1O. The fraction of sp³-hybridized carbons (Fsp3) is 0.741. The van der Waals surface area contributed by atoms with Crippen LogP contribution in [0.2, 0.25) is 0 Å². The molecule has 0 aromatic rings. The van der Waals surface area contributed by atoms with Gasteiger partial charge in [0, 0.05) is 64.3 Å². The van der Waals surface area contributed by atoms with Crippen molar-refractivity contribution in [2.45, 2.75) is 199 Å². The van der Waals surface area contributed by atoms with Crippen molar-refractivity contribution < 1.29 is 77.7 Å². The monoisotopic (exact) mass is 1080 g/mol. The van der Waals surface area contributed by atoms with Crippen LogP contribution in [0, 0.1) is 35.5 Å². The van der Waals surface area contributed by atoms with Crippen LogP contribution in [0.15, 0.2) is 47.6 Å². The van der Waals surface area contributed by atoms with Gasteiger partial charge in [-0.25, -0.2) is 9.59 Å². The summed E-state index contributed by atoms with van der Waals surface area (Å²) in [5.74, 6) is -9.16. The molecule has 4 saturated heterocycles. The van der Waals surface area contributed by atoms with E-state index in [-0.39, 0.29) is 87.3 Å². The molecule has 0 aromatic heterocycles. The van der Waals surface area contributed by atoms with E-state index in [1.54, 1.807) is 40.9 Å². The number of imide groups is 1. The Labute approximate surface area is 454 Å². The fourth-order valence-electron chi connectivity index (χ4n) is 12.3. The van der Waals surface area contributed by atoms with E-state index in [1.165, 1.54) is 12.0 Å². The number of carbonyl (C=O) groups is 7. The highest BCUT2D eigenvalue weighted by Gasteiger charge is 2.54. The van der Waals surface area contributed by atoms with Crippen LogP contribution in [0.4, 0.5) is 4.79 Å². The lowest BCUT2D eigenvalue weighted by Gasteiger charge is -2.43. The lowest BCUT2D eigenvalue weighted by Crippen LogP contribution is -2.61. The van der Waals surface area contributed by atoms with Gasteiger partial charge in [-0.05, 0) is 107 Å². The lowest BCUT2D eigenvalue weighted by molar-refractivity contribution is -0.266. The van der Waals surface area contributed by atoms with Gasteiger partial charge >= 0.3 is 12.0 Å². The maximum Gasteiger partial charge on any atom is 0.329 e. The Bertz CT molecular complexity index is 2220. The van der Waals surface area contributed by atoms with Gasteiger partial charge < -0.3 is 53.9 Å². The van der Waals surface area contributed by atoms with Crippen LogP contribution < -0.4 is 0 Å². The van der Waals surface area contributed by atoms with Crippen LogP contribution in [0.1, 0.15) is 132 Å². The molecule has 1 saturated carbocycles. The van der Waals surface area contributed by atoms with E-state index < -0.39 is 108 Å². The highest BCUT2D eigenvalue weighted by atomic mass is 16.6. The molecule has 0 spiro atoms. The molecule has 19 nitrogen and oxygen atoms in total. The Hall–Kier alpha value is -4.47. The molecule has 5 heterocycles. The summed E-state index contributed by atoms with van der Waals surface area (Å²) >= 11 is 0. The molecule has 430 valence electrons. The molecule has 6 aliphatic rings. The minimum absolute atomic E-state index is 0.0249. The summed E-state index contributed by atoms with van der Waals surface area (Å²) in [4.78, 5) is 102. The molecule has 5 fully saturated rings. The number of allylic oxidation sites excluding steroid dienone is 6. The summed E-state index contributed by atoms with van der Waals surface area (Å²) in [5, 5.41) is 43.8. The molecule has 19 heteroatoms. The summed E-state index contributed by atoms with van der Waals surface area (Å²) in [7, 11) is 2.91. The van der Waals surface area contributed by atoms with E-state index in [9.17, 15) is 54.0 Å². The predicted molar refractivity (Wildman–Crippen MR) is 282 cm³/mol. The first kappa shape index (κ1) is 61.7. The highest BCUT2D eigenvalue weighted by Crippen LogP contribution is 2.39. The number of rotatable bonds is 9. The number of fused-ring (bicyclic) bond motifs is 4. The van der Waals surface area contributed by atoms with E-state index in [0.717, 1.165) is 15.4 Å². The van der Waals surface area contributed by atoms with E-state index in [0.29, 0.717) is 63.4 Å². The van der Waals surface area contributed by atoms with Crippen molar-refractivity contribution in [1.29, 1.82) is 0 Å². The zero-order chi connectivity index (χ0) is 56.5. The third-order valence-electron chi connectivity index (χ3n) is 17.2. The third kappa shape index (κ3) is 14.9. The number of nitrogens with zero attached hydrogens (tertiary/aromatic N) is 3. The topological polar surface area (TPSA) is 256 Å². The van der Waals surface area contributed by atoms with Crippen molar-refractivity contribution in [3.63, 3.8) is 0 Å². The zero-order valence-electron chi connectivity index (χ0n) is 46.8. The number of piperidine rings is 1. The summed E-state index contributed by atoms with van der Waals surface area (Å²) < 4.78 is 30.5. The van der Waals surface area contributed by atoms with Gasteiger partial charge in [-0.15, -0.1) is 0 Å². The quantitative estimate of drug-likeness (QED) is 0.103. The second-order valence-electron chi connectivity index (χ2n) is 23.0. The molecule has 0 unspecified atom stereocenters. The number of hydrogen-bond donors (Lipinski definition) is 4. The molecule has 2 bridgehead atoms. The average Bonchev–Trinajstić information content (AvgIpc) is 3.95. The highest BCUT2D eigenvalue weighted by molar-refractivity contribution is 6.39. The summed E-state index contributed by atoms with van der Waals surface area (Å²) in [6.07, 6.45) is 9.03. The van der Waals surface area contributed by atoms with Gasteiger partial charge in [-0.2, -0.15) is 0 Å². The number of urea groups is 1. The second kappa shape index (κ2) is 27.6. The Morgan fingerprint density at radius 3 is 2.26 bits per heavy atom. The number of carbonyl (C=O) groups excluding carboxylic acids is 7. The first-order chi connectivity index (χ1) is 36.5. The van der Waals surface area contributed by atoms with Crippen LogP contribution >= 0.6 is 0 Å². The van der Waals surface area contributed by atoms with Crippen LogP contribution in [0.5, 0.6) is 0 Å². The molecule has 0 radical (unpaired) electrons. The molecule has 77 heavy (non-hydrogen) atoms. The van der Waals surface area contributed by atoms with Crippen molar-refractivity contribution in [1.82, 2.24) is 14.7 Å². The number of aliphatic hydroxyl groups excluding tert-OH is 3. The summed E-state index contributed by atoms with van der Waals surface area (Å²) in [6, 6.07) is -2.46. The maximum atomic E-state index is 14.6. The first-order valence-corrected chi connectivity index (χ1v) is 28.1. The van der Waals surface area contributed by atoms with Crippen molar-refractivity contribution in [2.75, 3.05) is 40.5 Å². The normalized spacial score (nSPS) is 38.7. The van der Waals surface area contributed by atoms with Crippen LogP contribution in [0.3, 0.4) is 0 Å². The Morgan fingerprint density at radius 2 is 1.57 bits per heavy atom. The third-order valence-corrected chi connectivity index (χ3v) is 17.2. The molecule has 5 aliphatic heterocycles. The largest absolute Gasteiger partial charge is 0.460 e. The van der Waals surface area contributed by atoms with Gasteiger partial charge in [0.2, 0.25) is 5.79 Å². The van der Waals surface area contributed by atoms with Gasteiger partial charge in [-0.3, -0.25) is 28.9 Å². The number of methoxy groups -OCH3 is 2. The standard InChI is InChI=1S/C58H87N3O16/c1-33-15-11-10-12-16-34(2)47(75-42-29-44-54(68)60(23-24-62)57(71)61(44)32-42)30-41-20-18-39(7)58(72,77-41)53(67)55(69)59-22-14-13-17-43(59)56(70)76-48(36(4)27-40-19-21-45(63)49(28-40)73-8)31-46(64)35(3)26-38(6)51(66)52(74-9)50(65)37(5)25-33/h10-12,15-16,26,33,35-37,39-45,47-49,51-52,62-63,66,72H,13-14,17-25,27-32H2,1-9H3/b12-10?,15-11+,34-16?,38-26+/t33-,35-,36-,37-,39-,40+,41+,42-,43+,44+,45-,47+,48+,49-,51-,52+,58-/m1/s1. The summed E-state index contributed by atoms with van der Waals surface area (Å²) in [5.41, 5.74) is 1.09. The molecular weight excluding hydrogens is 995 g/mol. The lowest BCUT2D eigenvalue weighted by atomic mass is 9.78. The molecule has 6 rings (SSSR count). The van der Waals surface area contributed by atoms with Crippen LogP contribution in [-0.4, -0.2) is 183 Å². The van der Waals surface area contributed by atoms with Crippen molar-refractivity contribution in [3.8, 4) is 0 Å². The van der Waals surface area contributed by atoms with Crippen molar-refractivity contribution in [3.05, 3.63) is 47.6 Å². The Kier molecular flexibility index (Phi) is 22.1. The van der Waals surface area contributed by atoms with Gasteiger partial charge in [-0.1, -0.05) is 71.1 Å². The predicted octanol–water partition coefficient (Wildman–Crippen LogP) is 4.95. The number of cyclic esters (lactones) is 1. The molecule has 0 aromatic carbocycles. The number of esters is 1. The first-order valence-electron chi connectivity index (χ1n) is 28.1. The van der Waals surface area contributed by atoms with Crippen LogP contribution in [-0.2, 0) is 52.5 Å². The van der Waals surface area contributed by atoms with E-state index in [2.05, 4.69) is 0 Å². The van der Waals surface area contributed by atoms with E-state index in [1.807, 2.05) is 51.2 Å². The second-order valence-corrected chi connectivity index (χ2v) is 23.0. The van der Waals surface area contributed by atoms with Gasteiger partial charge in [0.1, 0.15) is 36.2 Å². The minimum atomic E-state index is -2.57. The number of ether oxygens (including phenoxy) is 5. The van der Waals surface area contributed by atoms with E-state index >= 15 is 0 Å². The minimum Gasteiger partial charge on any atom is -0.460 e. The maximum absolute atomic E-state index is 14.6. The smallest absolute Gasteiger partial charge is 0.329 e. The number of hydrogen-bond acceptors (Lipinski definition) is 16. The average molecular weight is 1080 g/mol. The van der Waals surface area contributed by atoms with Crippen molar-refractivity contribution >= 4 is 41.2 Å². The van der Waals surface area contributed by atoms with Crippen LogP contribution in [0.25, 0.3) is 0 Å². The van der Waals surface area contributed by atoms with Crippen molar-refractivity contribution in [2.24, 2.45) is 35.5 Å². The molecule has 1 aliphatic carbocycles. The number of β-amino-alcohol motifs (C(OH)–C–C–N with tert-alkyl or cyclic N) is 1. The molecule has 4 amide bonds. The summed E-state index contributed by atoms with van der Waals surface area (Å²) in [6.45, 7) is 12.1. The number of Topliss-reactive ketones (excluding diaryl/α,β-unsaturated/α-hetero) is 3. The Morgan fingerprint density at radius 1 is 0.831 bits per heavy atom. The number of ketones is 3. The molecular formula is C58H87N3O16. The number of amides is 4. The molecule has 4 N–H and O–H groups in total. The fourth-order valence-corrected chi connectivity index (χ4v) is 12.3. The number of aliphatic hydroxyl groups is 4. The Balaban J connectivity index is 1.31. The van der Waals surface area contributed by atoms with Gasteiger partial charge in [0.25, 0.3) is 17.6 Å². The zero-order valence-corrected chi connectivity index (χ0v) is 46.8.